The van der Waals surface area contributed by atoms with Gasteiger partial charge in [0.25, 0.3) is 0 Å². The zero-order valence-electron chi connectivity index (χ0n) is 8.68. The third-order valence-electron chi connectivity index (χ3n) is 1.91. The molecule has 0 spiro atoms. The molecular weight excluding hydrogens is 182 g/mol. The molecule has 1 aromatic rings. The van der Waals surface area contributed by atoms with Crippen LogP contribution in [0.2, 0.25) is 0 Å². The lowest BCUT2D eigenvalue weighted by Gasteiger charge is -1.99. The molecule has 0 radical (unpaired) electrons. The van der Waals surface area contributed by atoms with Crippen LogP contribution in [0.3, 0.4) is 0 Å². The van der Waals surface area contributed by atoms with E-state index in [2.05, 4.69) is 15.6 Å². The van der Waals surface area contributed by atoms with Crippen LogP contribution in [0.15, 0.2) is 4.42 Å². The Morgan fingerprint density at radius 2 is 2.21 bits per heavy atom. The van der Waals surface area contributed by atoms with Gasteiger partial charge >= 0.3 is 0 Å². The van der Waals surface area contributed by atoms with Gasteiger partial charge in [-0.25, -0.2) is 4.98 Å². The van der Waals surface area contributed by atoms with Crippen molar-refractivity contribution >= 4 is 5.91 Å². The summed E-state index contributed by atoms with van der Waals surface area (Å²) < 4.78 is 5.32. The number of hydrogen-bond acceptors (Lipinski definition) is 4. The van der Waals surface area contributed by atoms with E-state index < -0.39 is 0 Å². The highest BCUT2D eigenvalue weighted by atomic mass is 16.4. The van der Waals surface area contributed by atoms with Gasteiger partial charge < -0.3 is 9.73 Å². The second kappa shape index (κ2) is 4.76. The van der Waals surface area contributed by atoms with Crippen molar-refractivity contribution < 1.29 is 9.21 Å². The number of nitrogens with one attached hydrogen (secondary N) is 2. The molecule has 0 saturated carbocycles. The molecule has 78 valence electrons. The Morgan fingerprint density at radius 3 is 2.71 bits per heavy atom. The lowest BCUT2D eigenvalue weighted by molar-refractivity contribution is -0.119. The summed E-state index contributed by atoms with van der Waals surface area (Å²) in [5.41, 5.74) is 0.891. The molecule has 1 aromatic heterocycles. The number of oxazole rings is 1. The van der Waals surface area contributed by atoms with Crippen molar-refractivity contribution in [3.63, 3.8) is 0 Å². The molecule has 1 heterocycles. The Labute approximate surface area is 82.9 Å². The minimum atomic E-state index is -0.0509. The first kappa shape index (κ1) is 10.7. The third-order valence-corrected chi connectivity index (χ3v) is 1.91. The molecule has 0 unspecified atom stereocenters. The summed E-state index contributed by atoms with van der Waals surface area (Å²) in [6.07, 6.45) is 0. The smallest absolute Gasteiger partial charge is 0.233 e. The van der Waals surface area contributed by atoms with Crippen molar-refractivity contribution in [1.29, 1.82) is 0 Å². The van der Waals surface area contributed by atoms with E-state index in [4.69, 9.17) is 4.42 Å². The first-order valence-corrected chi connectivity index (χ1v) is 4.47. The van der Waals surface area contributed by atoms with Gasteiger partial charge in [-0.05, 0) is 13.8 Å². The van der Waals surface area contributed by atoms with Crippen LogP contribution in [0.5, 0.6) is 0 Å². The topological polar surface area (TPSA) is 67.2 Å². The van der Waals surface area contributed by atoms with Crippen molar-refractivity contribution in [2.24, 2.45) is 0 Å². The van der Waals surface area contributed by atoms with Gasteiger partial charge in [-0.15, -0.1) is 0 Å². The summed E-state index contributed by atoms with van der Waals surface area (Å²) in [5.74, 6) is 1.38. The van der Waals surface area contributed by atoms with Gasteiger partial charge in [0, 0.05) is 7.05 Å². The maximum absolute atomic E-state index is 10.8. The summed E-state index contributed by atoms with van der Waals surface area (Å²) in [6.45, 7) is 4.50. The molecule has 5 heteroatoms. The van der Waals surface area contributed by atoms with Crippen LogP contribution < -0.4 is 10.6 Å². The third kappa shape index (κ3) is 2.85. The zero-order valence-corrected chi connectivity index (χ0v) is 8.68. The van der Waals surface area contributed by atoms with Crippen LogP contribution in [0, 0.1) is 13.8 Å². The van der Waals surface area contributed by atoms with Gasteiger partial charge in [0.2, 0.25) is 11.8 Å². The number of rotatable bonds is 4. The number of aromatic nitrogens is 1. The van der Waals surface area contributed by atoms with E-state index in [9.17, 15) is 4.79 Å². The summed E-state index contributed by atoms with van der Waals surface area (Å²) in [5, 5.41) is 5.44. The summed E-state index contributed by atoms with van der Waals surface area (Å²) in [7, 11) is 1.60. The quantitative estimate of drug-likeness (QED) is 0.719. The molecule has 0 fully saturated rings. The van der Waals surface area contributed by atoms with Gasteiger partial charge in [-0.1, -0.05) is 0 Å². The number of aryl methyl sites for hydroxylation is 2. The van der Waals surface area contributed by atoms with Gasteiger partial charge in [0.15, 0.2) is 0 Å². The molecule has 14 heavy (non-hydrogen) atoms. The van der Waals surface area contributed by atoms with Crippen LogP contribution in [-0.4, -0.2) is 24.5 Å². The Balaban J connectivity index is 2.35. The second-order valence-corrected chi connectivity index (χ2v) is 3.03. The molecule has 0 aliphatic carbocycles. The van der Waals surface area contributed by atoms with Gasteiger partial charge in [-0.2, -0.15) is 0 Å². The van der Waals surface area contributed by atoms with Crippen LogP contribution in [0.25, 0.3) is 0 Å². The molecule has 0 bridgehead atoms. The van der Waals surface area contributed by atoms with E-state index in [0.29, 0.717) is 12.4 Å². The predicted molar refractivity (Wildman–Crippen MR) is 51.8 cm³/mol. The highest BCUT2D eigenvalue weighted by Crippen LogP contribution is 2.07. The summed E-state index contributed by atoms with van der Waals surface area (Å²) >= 11 is 0. The van der Waals surface area contributed by atoms with Gasteiger partial charge in [0.05, 0.1) is 18.8 Å². The number of hydrogen-bond donors (Lipinski definition) is 2. The van der Waals surface area contributed by atoms with E-state index in [1.165, 1.54) is 0 Å². The minimum Gasteiger partial charge on any atom is -0.444 e. The fourth-order valence-electron chi connectivity index (χ4n) is 0.986. The van der Waals surface area contributed by atoms with Crippen molar-refractivity contribution in [2.45, 2.75) is 20.4 Å². The van der Waals surface area contributed by atoms with E-state index in [1.807, 2.05) is 13.8 Å². The Hall–Kier alpha value is -1.36. The fraction of sp³-hybridized carbons (Fsp3) is 0.556. The average molecular weight is 197 g/mol. The first-order valence-electron chi connectivity index (χ1n) is 4.47. The highest BCUT2D eigenvalue weighted by molar-refractivity contribution is 5.77. The molecule has 0 aromatic carbocycles. The molecule has 0 aliphatic heterocycles. The summed E-state index contributed by atoms with van der Waals surface area (Å²) in [6, 6.07) is 0. The largest absolute Gasteiger partial charge is 0.444 e. The SMILES string of the molecule is CNC(=O)CNCc1nc(C)c(C)o1. The van der Waals surface area contributed by atoms with Crippen molar-refractivity contribution in [2.75, 3.05) is 13.6 Å². The van der Waals surface area contributed by atoms with Gasteiger partial charge in [0.1, 0.15) is 5.76 Å². The molecule has 1 rings (SSSR count). The number of nitrogens with zero attached hydrogens (tertiary/aromatic N) is 1. The number of carbonyl (C=O) groups is 1. The predicted octanol–water partition coefficient (Wildman–Crippen LogP) is 0.127. The Morgan fingerprint density at radius 1 is 1.50 bits per heavy atom. The summed E-state index contributed by atoms with van der Waals surface area (Å²) in [4.78, 5) is 15.0. The Bertz CT molecular complexity index is 300. The number of likely N-dealkylation sites (N-methyl/N-ethyl adjacent to an activating group) is 1. The highest BCUT2D eigenvalue weighted by Gasteiger charge is 2.05. The van der Waals surface area contributed by atoms with Crippen molar-refractivity contribution in [1.82, 2.24) is 15.6 Å². The lowest BCUT2D eigenvalue weighted by atomic mass is 10.4. The van der Waals surface area contributed by atoms with Crippen molar-refractivity contribution in [3.05, 3.63) is 17.3 Å². The molecule has 2 N–H and O–H groups in total. The molecule has 0 aliphatic rings. The normalized spacial score (nSPS) is 10.2. The van der Waals surface area contributed by atoms with Crippen LogP contribution >= 0.6 is 0 Å². The number of amides is 1. The van der Waals surface area contributed by atoms with E-state index in [-0.39, 0.29) is 12.5 Å². The van der Waals surface area contributed by atoms with E-state index >= 15 is 0 Å². The van der Waals surface area contributed by atoms with Crippen LogP contribution in [0.1, 0.15) is 17.3 Å². The molecule has 5 nitrogen and oxygen atoms in total. The maximum atomic E-state index is 10.8. The molecule has 0 atom stereocenters. The number of carbonyl (C=O) groups excluding carboxylic acids is 1. The van der Waals surface area contributed by atoms with Gasteiger partial charge in [-0.3, -0.25) is 10.1 Å². The Kier molecular flexibility index (Phi) is 3.64. The van der Waals surface area contributed by atoms with Crippen LogP contribution in [0.4, 0.5) is 0 Å². The first-order chi connectivity index (χ1) is 6.63. The van der Waals surface area contributed by atoms with E-state index in [0.717, 1.165) is 11.5 Å². The van der Waals surface area contributed by atoms with E-state index in [1.54, 1.807) is 7.05 Å². The van der Waals surface area contributed by atoms with Crippen LogP contribution in [-0.2, 0) is 11.3 Å². The zero-order chi connectivity index (χ0) is 10.6. The average Bonchev–Trinajstić information content (AvgIpc) is 2.46. The standard InChI is InChI=1S/C9H15N3O2/c1-6-7(2)14-9(12-6)5-11-4-8(13)10-3/h11H,4-5H2,1-3H3,(H,10,13). The maximum Gasteiger partial charge on any atom is 0.233 e. The molecule has 1 amide bonds. The second-order valence-electron chi connectivity index (χ2n) is 3.03. The van der Waals surface area contributed by atoms with Crippen molar-refractivity contribution in [3.8, 4) is 0 Å². The fourth-order valence-corrected chi connectivity index (χ4v) is 0.986. The minimum absolute atomic E-state index is 0.0509. The molecular formula is C9H15N3O2. The lowest BCUT2D eigenvalue weighted by Crippen LogP contribution is -2.31. The molecule has 0 saturated heterocycles. The monoisotopic (exact) mass is 197 g/mol.